The van der Waals surface area contributed by atoms with Crippen LogP contribution in [0.4, 0.5) is 4.39 Å². The van der Waals surface area contributed by atoms with Crippen molar-refractivity contribution in [3.8, 4) is 17.1 Å². The van der Waals surface area contributed by atoms with Gasteiger partial charge in [0.05, 0.1) is 11.3 Å². The molecule has 1 unspecified atom stereocenters. The zero-order valence-corrected chi connectivity index (χ0v) is 19.0. The number of carbonyl (C=O) groups is 1. The molecule has 1 atom stereocenters. The molecule has 3 aromatic rings. The van der Waals surface area contributed by atoms with Crippen molar-refractivity contribution in [3.05, 3.63) is 77.6 Å². The van der Waals surface area contributed by atoms with Crippen molar-refractivity contribution in [2.24, 2.45) is 5.16 Å². The number of rotatable bonds is 10. The van der Waals surface area contributed by atoms with Crippen molar-refractivity contribution >= 4 is 12.0 Å². The summed E-state index contributed by atoms with van der Waals surface area (Å²) in [6.45, 7) is 11.5. The molecule has 2 aromatic carbocycles. The second kappa shape index (κ2) is 10.7. The number of ether oxygens (including phenoxy) is 1. The highest BCUT2D eigenvalue weighted by Gasteiger charge is 2.16. The molecule has 172 valence electrons. The van der Waals surface area contributed by atoms with Gasteiger partial charge in [-0.3, -0.25) is 4.79 Å². The maximum absolute atomic E-state index is 13.8. The smallest absolute Gasteiger partial charge is 0.229 e. The second-order valence-electron chi connectivity index (χ2n) is 7.74. The molecule has 0 saturated carbocycles. The Kier molecular flexibility index (Phi) is 7.71. The summed E-state index contributed by atoms with van der Waals surface area (Å²) in [5, 5.41) is 8.03. The van der Waals surface area contributed by atoms with Gasteiger partial charge in [-0.1, -0.05) is 43.7 Å². The van der Waals surface area contributed by atoms with Crippen LogP contribution in [0.1, 0.15) is 61.8 Å². The number of nitrogens with zero attached hydrogens (tertiary/aromatic N) is 3. The van der Waals surface area contributed by atoms with E-state index in [1.807, 2.05) is 45.0 Å². The number of aromatic nitrogens is 2. The largest absolute Gasteiger partial charge is 0.482 e. The second-order valence-corrected chi connectivity index (χ2v) is 7.74. The van der Waals surface area contributed by atoms with Crippen LogP contribution >= 0.6 is 0 Å². The number of oxime groups is 1. The Labute approximate surface area is 191 Å². The van der Waals surface area contributed by atoms with Gasteiger partial charge >= 0.3 is 0 Å². The van der Waals surface area contributed by atoms with E-state index >= 15 is 0 Å². The predicted octanol–water partition coefficient (Wildman–Crippen LogP) is 5.92. The van der Waals surface area contributed by atoms with E-state index < -0.39 is 11.9 Å². The average Bonchev–Trinajstić information content (AvgIpc) is 3.32. The first-order valence-electron chi connectivity index (χ1n) is 10.6. The quantitative estimate of drug-likeness (QED) is 0.164. The van der Waals surface area contributed by atoms with Gasteiger partial charge in [-0.15, -0.1) is 0 Å². The van der Waals surface area contributed by atoms with E-state index in [-0.39, 0.29) is 11.5 Å². The Morgan fingerprint density at radius 1 is 1.24 bits per heavy atom. The van der Waals surface area contributed by atoms with Gasteiger partial charge in [0.25, 0.3) is 0 Å². The number of aldehydes is 1. The maximum Gasteiger partial charge on any atom is 0.229 e. The van der Waals surface area contributed by atoms with Gasteiger partial charge in [0.2, 0.25) is 11.7 Å². The van der Waals surface area contributed by atoms with Crippen molar-refractivity contribution in [1.82, 2.24) is 10.1 Å². The SMILES string of the molecule is C=C(O/N=C(\C)c1ccc(C=O)c(F)c1)C(CC)Oc1ccc(-c2noc(C(C)C)n2)cc1. The molecule has 33 heavy (non-hydrogen) atoms. The lowest BCUT2D eigenvalue weighted by Gasteiger charge is -2.18. The minimum absolute atomic E-state index is 0.0120. The highest BCUT2D eigenvalue weighted by atomic mass is 19.1. The van der Waals surface area contributed by atoms with Gasteiger partial charge < -0.3 is 14.1 Å². The summed E-state index contributed by atoms with van der Waals surface area (Å²) in [5.41, 5.74) is 1.74. The molecule has 7 nitrogen and oxygen atoms in total. The van der Waals surface area contributed by atoms with E-state index in [0.29, 0.717) is 47.2 Å². The molecule has 0 aliphatic rings. The van der Waals surface area contributed by atoms with Crippen molar-refractivity contribution in [2.45, 2.75) is 46.1 Å². The fourth-order valence-electron chi connectivity index (χ4n) is 2.90. The summed E-state index contributed by atoms with van der Waals surface area (Å²) in [6.07, 6.45) is 0.616. The van der Waals surface area contributed by atoms with Crippen molar-refractivity contribution in [2.75, 3.05) is 0 Å². The summed E-state index contributed by atoms with van der Waals surface area (Å²) in [7, 11) is 0. The molecule has 3 rings (SSSR count). The Hall–Kier alpha value is -3.81. The summed E-state index contributed by atoms with van der Waals surface area (Å²) < 4.78 is 25.1. The van der Waals surface area contributed by atoms with Crippen LogP contribution in [0.25, 0.3) is 11.4 Å². The third-order valence-electron chi connectivity index (χ3n) is 4.90. The molecule has 0 spiro atoms. The van der Waals surface area contributed by atoms with Crippen LogP contribution in [0.5, 0.6) is 5.75 Å². The zero-order chi connectivity index (χ0) is 24.0. The lowest BCUT2D eigenvalue weighted by Crippen LogP contribution is -2.19. The van der Waals surface area contributed by atoms with Crippen LogP contribution in [0, 0.1) is 5.82 Å². The molecule has 0 saturated heterocycles. The van der Waals surface area contributed by atoms with Gasteiger partial charge in [0.15, 0.2) is 18.1 Å². The van der Waals surface area contributed by atoms with Crippen LogP contribution in [-0.2, 0) is 4.84 Å². The van der Waals surface area contributed by atoms with E-state index in [1.165, 1.54) is 12.1 Å². The van der Waals surface area contributed by atoms with Crippen molar-refractivity contribution in [1.29, 1.82) is 0 Å². The number of halogens is 1. The minimum atomic E-state index is -0.615. The lowest BCUT2D eigenvalue weighted by molar-refractivity contribution is 0.112. The van der Waals surface area contributed by atoms with Gasteiger partial charge in [-0.05, 0) is 49.7 Å². The standard InChI is InChI=1S/C25H26FN3O4/c1-6-23(17(5)32-28-16(4)19-7-8-20(14-30)22(26)13-19)31-21-11-9-18(10-12-21)24-27-25(15(2)3)33-29-24/h7-15,23H,5-6H2,1-4H3/b28-16+. The van der Waals surface area contributed by atoms with Crippen LogP contribution in [0.15, 0.2) is 64.5 Å². The maximum atomic E-state index is 13.8. The molecule has 0 radical (unpaired) electrons. The van der Waals surface area contributed by atoms with Gasteiger partial charge in [0, 0.05) is 17.0 Å². The first-order chi connectivity index (χ1) is 15.8. The molecule has 1 aromatic heterocycles. The lowest BCUT2D eigenvalue weighted by atomic mass is 10.1. The monoisotopic (exact) mass is 451 g/mol. The zero-order valence-electron chi connectivity index (χ0n) is 19.0. The summed E-state index contributed by atoms with van der Waals surface area (Å²) >= 11 is 0. The van der Waals surface area contributed by atoms with E-state index in [4.69, 9.17) is 14.1 Å². The van der Waals surface area contributed by atoms with E-state index in [1.54, 1.807) is 13.0 Å². The van der Waals surface area contributed by atoms with Crippen molar-refractivity contribution < 1.29 is 23.3 Å². The topological polar surface area (TPSA) is 86.8 Å². The first kappa shape index (κ1) is 23.8. The first-order valence-corrected chi connectivity index (χ1v) is 10.6. The predicted molar refractivity (Wildman–Crippen MR) is 123 cm³/mol. The number of hydrogen-bond donors (Lipinski definition) is 0. The molecule has 0 amide bonds. The molecule has 0 N–H and O–H groups in total. The molecule has 1 heterocycles. The fraction of sp³-hybridized carbons (Fsp3) is 0.280. The fourth-order valence-corrected chi connectivity index (χ4v) is 2.90. The van der Waals surface area contributed by atoms with Crippen molar-refractivity contribution in [3.63, 3.8) is 0 Å². The van der Waals surface area contributed by atoms with Gasteiger partial charge in [0.1, 0.15) is 11.6 Å². The molecule has 0 aliphatic carbocycles. The number of carbonyl (C=O) groups excluding carboxylic acids is 1. The molecule has 8 heteroatoms. The Bertz CT molecular complexity index is 1150. The van der Waals surface area contributed by atoms with E-state index in [9.17, 15) is 9.18 Å². The van der Waals surface area contributed by atoms with E-state index in [0.717, 1.165) is 5.56 Å². The van der Waals surface area contributed by atoms with E-state index in [2.05, 4.69) is 21.9 Å². The Morgan fingerprint density at radius 2 is 1.97 bits per heavy atom. The van der Waals surface area contributed by atoms with Crippen LogP contribution in [0.2, 0.25) is 0 Å². The van der Waals surface area contributed by atoms with Crippen LogP contribution in [-0.4, -0.2) is 28.2 Å². The summed E-state index contributed by atoms with van der Waals surface area (Å²) in [5.74, 6) is 1.58. The highest BCUT2D eigenvalue weighted by molar-refractivity contribution is 5.98. The number of benzene rings is 2. The molecular weight excluding hydrogens is 425 g/mol. The Morgan fingerprint density at radius 3 is 2.55 bits per heavy atom. The van der Waals surface area contributed by atoms with Gasteiger partial charge in [-0.2, -0.15) is 4.98 Å². The molecule has 0 bridgehead atoms. The summed E-state index contributed by atoms with van der Waals surface area (Å²) in [6, 6.07) is 11.5. The Balaban J connectivity index is 1.63. The van der Waals surface area contributed by atoms with Crippen LogP contribution in [0.3, 0.4) is 0 Å². The molecule has 0 aliphatic heterocycles. The minimum Gasteiger partial charge on any atom is -0.482 e. The third-order valence-corrected chi connectivity index (χ3v) is 4.90. The van der Waals surface area contributed by atoms with Crippen LogP contribution < -0.4 is 4.74 Å². The molecular formula is C25H26FN3O4. The number of hydrogen-bond acceptors (Lipinski definition) is 7. The summed E-state index contributed by atoms with van der Waals surface area (Å²) in [4.78, 5) is 20.6. The van der Waals surface area contributed by atoms with Gasteiger partial charge in [-0.25, -0.2) is 4.39 Å². The highest BCUT2D eigenvalue weighted by Crippen LogP contribution is 2.24. The normalized spacial score (nSPS) is 12.5. The average molecular weight is 451 g/mol. The third kappa shape index (κ3) is 5.91. The molecule has 0 fully saturated rings.